The van der Waals surface area contributed by atoms with E-state index in [1.54, 1.807) is 6.26 Å². The Morgan fingerprint density at radius 2 is 2.12 bits per heavy atom. The first-order chi connectivity index (χ1) is 12.2. The van der Waals surface area contributed by atoms with Crippen LogP contribution in [0.25, 0.3) is 11.6 Å². The molecule has 2 aromatic rings. The Labute approximate surface area is 152 Å². The van der Waals surface area contributed by atoms with Gasteiger partial charge in [0.2, 0.25) is 5.91 Å². The SMILES string of the molecule is CCN1CCC(NC(=O)CSc2nnc(-c3ccco3)n2CC)CC1. The number of amides is 1. The van der Waals surface area contributed by atoms with Crippen molar-refractivity contribution in [3.63, 3.8) is 0 Å². The number of nitrogens with zero attached hydrogens (tertiary/aromatic N) is 4. The van der Waals surface area contributed by atoms with E-state index in [-0.39, 0.29) is 5.91 Å². The van der Waals surface area contributed by atoms with Crippen molar-refractivity contribution in [1.82, 2.24) is 25.0 Å². The van der Waals surface area contributed by atoms with E-state index in [1.165, 1.54) is 11.8 Å². The lowest BCUT2D eigenvalue weighted by Crippen LogP contribution is -2.45. The van der Waals surface area contributed by atoms with Crippen LogP contribution >= 0.6 is 11.8 Å². The number of thioether (sulfide) groups is 1. The van der Waals surface area contributed by atoms with E-state index in [9.17, 15) is 4.79 Å². The summed E-state index contributed by atoms with van der Waals surface area (Å²) in [7, 11) is 0. The highest BCUT2D eigenvalue weighted by Crippen LogP contribution is 2.24. The van der Waals surface area contributed by atoms with Crippen molar-refractivity contribution >= 4 is 17.7 Å². The van der Waals surface area contributed by atoms with Gasteiger partial charge in [-0.2, -0.15) is 0 Å². The first-order valence-corrected chi connectivity index (χ1v) is 9.81. The van der Waals surface area contributed by atoms with Crippen LogP contribution < -0.4 is 5.32 Å². The number of rotatable bonds is 7. The Balaban J connectivity index is 1.52. The van der Waals surface area contributed by atoms with Gasteiger partial charge in [-0.1, -0.05) is 18.7 Å². The van der Waals surface area contributed by atoms with E-state index < -0.39 is 0 Å². The predicted molar refractivity (Wildman–Crippen MR) is 97.4 cm³/mol. The lowest BCUT2D eigenvalue weighted by atomic mass is 10.1. The second-order valence-corrected chi connectivity index (χ2v) is 7.03. The molecule has 0 radical (unpaired) electrons. The summed E-state index contributed by atoms with van der Waals surface area (Å²) in [5.74, 6) is 1.80. The molecular weight excluding hydrogens is 338 g/mol. The summed E-state index contributed by atoms with van der Waals surface area (Å²) in [4.78, 5) is 14.7. The zero-order chi connectivity index (χ0) is 17.6. The van der Waals surface area contributed by atoms with Gasteiger partial charge >= 0.3 is 0 Å². The first kappa shape index (κ1) is 18.0. The maximum Gasteiger partial charge on any atom is 0.230 e. The molecule has 0 aromatic carbocycles. The van der Waals surface area contributed by atoms with Crippen molar-refractivity contribution in [1.29, 1.82) is 0 Å². The third-order valence-electron chi connectivity index (χ3n) is 4.51. The fraction of sp³-hybridized carbons (Fsp3) is 0.588. The van der Waals surface area contributed by atoms with Gasteiger partial charge in [-0.25, -0.2) is 0 Å². The van der Waals surface area contributed by atoms with Gasteiger partial charge in [0.1, 0.15) is 0 Å². The van der Waals surface area contributed by atoms with Crippen molar-refractivity contribution in [3.05, 3.63) is 18.4 Å². The highest BCUT2D eigenvalue weighted by Gasteiger charge is 2.21. The zero-order valence-corrected chi connectivity index (χ0v) is 15.6. The van der Waals surface area contributed by atoms with Crippen molar-refractivity contribution in [3.8, 4) is 11.6 Å². The molecule has 0 aliphatic carbocycles. The molecule has 7 nitrogen and oxygen atoms in total. The number of hydrogen-bond donors (Lipinski definition) is 1. The normalized spacial score (nSPS) is 16.2. The molecule has 8 heteroatoms. The van der Waals surface area contributed by atoms with Crippen LogP contribution in [0.4, 0.5) is 0 Å². The van der Waals surface area contributed by atoms with Gasteiger partial charge in [-0.15, -0.1) is 10.2 Å². The van der Waals surface area contributed by atoms with Crippen molar-refractivity contribution in [2.75, 3.05) is 25.4 Å². The number of piperidine rings is 1. The average Bonchev–Trinajstić information content (AvgIpc) is 3.29. The fourth-order valence-electron chi connectivity index (χ4n) is 3.06. The molecule has 3 heterocycles. The van der Waals surface area contributed by atoms with Gasteiger partial charge in [0.25, 0.3) is 0 Å². The van der Waals surface area contributed by atoms with Gasteiger partial charge in [0, 0.05) is 25.7 Å². The minimum absolute atomic E-state index is 0.0603. The molecule has 0 saturated carbocycles. The van der Waals surface area contributed by atoms with Gasteiger partial charge < -0.3 is 14.6 Å². The van der Waals surface area contributed by atoms with Crippen LogP contribution in [0.2, 0.25) is 0 Å². The van der Waals surface area contributed by atoms with Crippen LogP contribution in [0.5, 0.6) is 0 Å². The number of furan rings is 1. The molecule has 1 amide bonds. The monoisotopic (exact) mass is 363 g/mol. The molecular formula is C17H25N5O2S. The first-order valence-electron chi connectivity index (χ1n) is 8.82. The molecule has 0 bridgehead atoms. The summed E-state index contributed by atoms with van der Waals surface area (Å²) in [6.45, 7) is 8.14. The van der Waals surface area contributed by atoms with Crippen LogP contribution in [-0.4, -0.2) is 57.0 Å². The maximum absolute atomic E-state index is 12.2. The third-order valence-corrected chi connectivity index (χ3v) is 5.47. The molecule has 1 N–H and O–H groups in total. The second kappa shape index (κ2) is 8.53. The Morgan fingerprint density at radius 1 is 1.32 bits per heavy atom. The van der Waals surface area contributed by atoms with E-state index in [0.717, 1.165) is 44.2 Å². The minimum Gasteiger partial charge on any atom is -0.461 e. The quantitative estimate of drug-likeness (QED) is 0.761. The Kier molecular flexibility index (Phi) is 6.14. The Morgan fingerprint density at radius 3 is 2.76 bits per heavy atom. The van der Waals surface area contributed by atoms with Gasteiger partial charge in [0.15, 0.2) is 16.7 Å². The number of carbonyl (C=O) groups excluding carboxylic acids is 1. The Hall–Kier alpha value is -1.80. The van der Waals surface area contributed by atoms with Crippen molar-refractivity contribution < 1.29 is 9.21 Å². The number of aromatic nitrogens is 3. The molecule has 0 spiro atoms. The van der Waals surface area contributed by atoms with Crippen LogP contribution in [-0.2, 0) is 11.3 Å². The molecule has 1 saturated heterocycles. The number of carbonyl (C=O) groups is 1. The Bertz CT molecular complexity index is 677. The number of nitrogens with one attached hydrogen (secondary N) is 1. The van der Waals surface area contributed by atoms with Crippen LogP contribution in [0.1, 0.15) is 26.7 Å². The summed E-state index contributed by atoms with van der Waals surface area (Å²) < 4.78 is 7.37. The molecule has 2 aromatic heterocycles. The smallest absolute Gasteiger partial charge is 0.230 e. The molecule has 0 atom stereocenters. The highest BCUT2D eigenvalue weighted by molar-refractivity contribution is 7.99. The molecule has 0 unspecified atom stereocenters. The summed E-state index contributed by atoms with van der Waals surface area (Å²) in [6, 6.07) is 3.98. The van der Waals surface area contributed by atoms with E-state index in [2.05, 4.69) is 27.3 Å². The standard InChI is InChI=1S/C17H25N5O2S/c1-3-21-9-7-13(8-10-21)18-15(23)12-25-17-20-19-16(22(17)4-2)14-6-5-11-24-14/h5-6,11,13H,3-4,7-10,12H2,1-2H3,(H,18,23). The molecule has 1 aliphatic rings. The van der Waals surface area contributed by atoms with Crippen LogP contribution in [0.3, 0.4) is 0 Å². The van der Waals surface area contributed by atoms with E-state index in [4.69, 9.17) is 4.42 Å². The van der Waals surface area contributed by atoms with Crippen molar-refractivity contribution in [2.24, 2.45) is 0 Å². The lowest BCUT2D eigenvalue weighted by molar-refractivity contribution is -0.119. The molecule has 136 valence electrons. The largest absolute Gasteiger partial charge is 0.461 e. The van der Waals surface area contributed by atoms with Gasteiger partial charge in [-0.3, -0.25) is 9.36 Å². The van der Waals surface area contributed by atoms with Gasteiger partial charge in [0.05, 0.1) is 12.0 Å². The summed E-state index contributed by atoms with van der Waals surface area (Å²) in [5, 5.41) is 12.3. The summed E-state index contributed by atoms with van der Waals surface area (Å²) in [6.07, 6.45) is 3.67. The van der Waals surface area contributed by atoms with E-state index in [0.29, 0.717) is 23.4 Å². The van der Waals surface area contributed by atoms with E-state index in [1.807, 2.05) is 23.6 Å². The maximum atomic E-state index is 12.2. The zero-order valence-electron chi connectivity index (χ0n) is 14.8. The second-order valence-electron chi connectivity index (χ2n) is 6.09. The third kappa shape index (κ3) is 4.43. The minimum atomic E-state index is 0.0603. The molecule has 25 heavy (non-hydrogen) atoms. The molecule has 1 fully saturated rings. The summed E-state index contributed by atoms with van der Waals surface area (Å²) in [5.41, 5.74) is 0. The predicted octanol–water partition coefficient (Wildman–Crippen LogP) is 2.25. The number of hydrogen-bond acceptors (Lipinski definition) is 6. The van der Waals surface area contributed by atoms with Crippen LogP contribution in [0, 0.1) is 0 Å². The average molecular weight is 363 g/mol. The highest BCUT2D eigenvalue weighted by atomic mass is 32.2. The van der Waals surface area contributed by atoms with E-state index >= 15 is 0 Å². The summed E-state index contributed by atoms with van der Waals surface area (Å²) >= 11 is 1.42. The van der Waals surface area contributed by atoms with Crippen LogP contribution in [0.15, 0.2) is 28.0 Å². The van der Waals surface area contributed by atoms with Gasteiger partial charge in [-0.05, 0) is 38.4 Å². The topological polar surface area (TPSA) is 76.2 Å². The number of likely N-dealkylation sites (tertiary alicyclic amines) is 1. The van der Waals surface area contributed by atoms with Crippen molar-refractivity contribution in [2.45, 2.75) is 44.4 Å². The fourth-order valence-corrected chi connectivity index (χ4v) is 3.88. The lowest BCUT2D eigenvalue weighted by Gasteiger charge is -2.31. The molecule has 3 rings (SSSR count). The molecule has 1 aliphatic heterocycles.